The van der Waals surface area contributed by atoms with Crippen LogP contribution in [0.3, 0.4) is 0 Å². The maximum atomic E-state index is 12.5. The van der Waals surface area contributed by atoms with Gasteiger partial charge in [0, 0.05) is 19.1 Å². The van der Waals surface area contributed by atoms with Crippen LogP contribution in [0, 0.1) is 18.3 Å². The van der Waals surface area contributed by atoms with Gasteiger partial charge in [-0.1, -0.05) is 5.92 Å². The SMILES string of the molecule is C#CCNC(=O)CN1CCC[C@H](CN(C(=O)OC(C)(C)C)C(C)C)C1. The lowest BCUT2D eigenvalue weighted by atomic mass is 9.97. The summed E-state index contributed by atoms with van der Waals surface area (Å²) in [6.07, 6.45) is 6.96. The van der Waals surface area contributed by atoms with Crippen LogP contribution in [0.15, 0.2) is 0 Å². The lowest BCUT2D eigenvalue weighted by molar-refractivity contribution is -0.122. The molecule has 1 aliphatic rings. The Labute approximate surface area is 152 Å². The van der Waals surface area contributed by atoms with E-state index in [0.717, 1.165) is 25.9 Å². The van der Waals surface area contributed by atoms with E-state index in [2.05, 4.69) is 16.1 Å². The van der Waals surface area contributed by atoms with E-state index in [1.807, 2.05) is 34.6 Å². The standard InChI is InChI=1S/C19H33N3O3/c1-7-10-20-17(23)14-21-11-8-9-16(12-21)13-22(15(2)3)18(24)25-19(4,5)6/h1,15-16H,8-14H2,2-6H3,(H,20,23)/t16-/m0/s1. The minimum atomic E-state index is -0.502. The van der Waals surface area contributed by atoms with Gasteiger partial charge in [0.25, 0.3) is 0 Å². The molecule has 0 aromatic heterocycles. The summed E-state index contributed by atoms with van der Waals surface area (Å²) in [5.41, 5.74) is -0.502. The Morgan fingerprint density at radius 2 is 2.08 bits per heavy atom. The van der Waals surface area contributed by atoms with Gasteiger partial charge >= 0.3 is 6.09 Å². The van der Waals surface area contributed by atoms with E-state index < -0.39 is 5.60 Å². The van der Waals surface area contributed by atoms with E-state index in [9.17, 15) is 9.59 Å². The third-order valence-corrected chi connectivity index (χ3v) is 4.06. The molecule has 0 aromatic rings. The van der Waals surface area contributed by atoms with Gasteiger partial charge in [-0.15, -0.1) is 6.42 Å². The first-order chi connectivity index (χ1) is 11.6. The monoisotopic (exact) mass is 351 g/mol. The van der Waals surface area contributed by atoms with Crippen LogP contribution in [0.4, 0.5) is 4.79 Å². The molecule has 142 valence electrons. The molecule has 1 fully saturated rings. The normalized spacial score (nSPS) is 18.5. The molecular formula is C19H33N3O3. The molecule has 0 aromatic carbocycles. The quantitative estimate of drug-likeness (QED) is 0.745. The molecule has 0 saturated carbocycles. The molecule has 6 heteroatoms. The summed E-state index contributed by atoms with van der Waals surface area (Å²) >= 11 is 0. The van der Waals surface area contributed by atoms with E-state index in [4.69, 9.17) is 11.2 Å². The van der Waals surface area contributed by atoms with Crippen molar-refractivity contribution in [3.05, 3.63) is 0 Å². The van der Waals surface area contributed by atoms with E-state index in [1.54, 1.807) is 4.90 Å². The summed E-state index contributed by atoms with van der Waals surface area (Å²) in [5.74, 6) is 2.69. The highest BCUT2D eigenvalue weighted by Gasteiger charge is 2.29. The topological polar surface area (TPSA) is 61.9 Å². The number of nitrogens with zero attached hydrogens (tertiary/aromatic N) is 2. The second-order valence-corrected chi connectivity index (χ2v) is 7.95. The first-order valence-corrected chi connectivity index (χ1v) is 9.04. The lowest BCUT2D eigenvalue weighted by Gasteiger charge is -2.37. The van der Waals surface area contributed by atoms with Crippen LogP contribution >= 0.6 is 0 Å². The molecule has 2 amide bonds. The van der Waals surface area contributed by atoms with Gasteiger partial charge in [-0.2, -0.15) is 0 Å². The molecule has 0 bridgehead atoms. The number of carbonyl (C=O) groups is 2. The summed E-state index contributed by atoms with van der Waals surface area (Å²) in [4.78, 5) is 28.2. The Morgan fingerprint density at radius 3 is 2.64 bits per heavy atom. The molecule has 0 aliphatic carbocycles. The molecule has 6 nitrogen and oxygen atoms in total. The maximum absolute atomic E-state index is 12.5. The fraction of sp³-hybridized carbons (Fsp3) is 0.789. The van der Waals surface area contributed by atoms with Crippen LogP contribution in [0.25, 0.3) is 0 Å². The number of rotatable bonds is 6. The average Bonchev–Trinajstić information content (AvgIpc) is 2.49. The van der Waals surface area contributed by atoms with Crippen molar-refractivity contribution in [1.82, 2.24) is 15.1 Å². The summed E-state index contributed by atoms with van der Waals surface area (Å²) in [6, 6.07) is 0.0733. The summed E-state index contributed by atoms with van der Waals surface area (Å²) in [5, 5.41) is 2.70. The first kappa shape index (κ1) is 21.3. The van der Waals surface area contributed by atoms with Crippen molar-refractivity contribution in [1.29, 1.82) is 0 Å². The van der Waals surface area contributed by atoms with Crippen molar-refractivity contribution >= 4 is 12.0 Å². The number of piperidine rings is 1. The molecule has 25 heavy (non-hydrogen) atoms. The highest BCUT2D eigenvalue weighted by atomic mass is 16.6. The third-order valence-electron chi connectivity index (χ3n) is 4.06. The molecule has 1 atom stereocenters. The molecule has 0 spiro atoms. The minimum absolute atomic E-state index is 0.0496. The number of likely N-dealkylation sites (tertiary alicyclic amines) is 1. The molecule has 1 rings (SSSR count). The van der Waals surface area contributed by atoms with Crippen molar-refractivity contribution in [2.75, 3.05) is 32.7 Å². The summed E-state index contributed by atoms with van der Waals surface area (Å²) < 4.78 is 5.53. The Kier molecular flexibility index (Phi) is 8.24. The molecule has 1 saturated heterocycles. The van der Waals surface area contributed by atoms with Gasteiger partial charge in [0.1, 0.15) is 5.60 Å². The fourth-order valence-electron chi connectivity index (χ4n) is 2.95. The van der Waals surface area contributed by atoms with Gasteiger partial charge in [0.05, 0.1) is 13.1 Å². The van der Waals surface area contributed by atoms with E-state index in [0.29, 0.717) is 19.0 Å². The van der Waals surface area contributed by atoms with E-state index in [1.165, 1.54) is 0 Å². The first-order valence-electron chi connectivity index (χ1n) is 9.04. The minimum Gasteiger partial charge on any atom is -0.444 e. The number of amides is 2. The number of terminal acetylenes is 1. The zero-order valence-electron chi connectivity index (χ0n) is 16.3. The van der Waals surface area contributed by atoms with Crippen LogP contribution in [0.1, 0.15) is 47.5 Å². The van der Waals surface area contributed by atoms with E-state index >= 15 is 0 Å². The predicted octanol–water partition coefficient (Wildman–Crippen LogP) is 2.09. The maximum Gasteiger partial charge on any atom is 0.410 e. The molecule has 1 heterocycles. The van der Waals surface area contributed by atoms with Gasteiger partial charge in [-0.3, -0.25) is 9.69 Å². The second kappa shape index (κ2) is 9.67. The largest absolute Gasteiger partial charge is 0.444 e. The van der Waals surface area contributed by atoms with Crippen LogP contribution in [0.2, 0.25) is 0 Å². The number of carbonyl (C=O) groups excluding carboxylic acids is 2. The van der Waals surface area contributed by atoms with Gasteiger partial charge in [-0.05, 0) is 59.9 Å². The van der Waals surface area contributed by atoms with Gasteiger partial charge in [0.15, 0.2) is 0 Å². The summed E-state index contributed by atoms with van der Waals surface area (Å²) in [6.45, 7) is 12.6. The highest BCUT2D eigenvalue weighted by Crippen LogP contribution is 2.20. The summed E-state index contributed by atoms with van der Waals surface area (Å²) in [7, 11) is 0. The Hall–Kier alpha value is -1.74. The highest BCUT2D eigenvalue weighted by molar-refractivity contribution is 5.78. The van der Waals surface area contributed by atoms with Crippen molar-refractivity contribution in [3.63, 3.8) is 0 Å². The fourth-order valence-corrected chi connectivity index (χ4v) is 2.95. The van der Waals surface area contributed by atoms with Crippen molar-refractivity contribution in [2.24, 2.45) is 5.92 Å². The number of hydrogen-bond donors (Lipinski definition) is 1. The Balaban J connectivity index is 2.59. The molecule has 0 radical (unpaired) electrons. The molecule has 1 aliphatic heterocycles. The zero-order chi connectivity index (χ0) is 19.0. The number of nitrogens with one attached hydrogen (secondary N) is 1. The Morgan fingerprint density at radius 1 is 1.40 bits per heavy atom. The van der Waals surface area contributed by atoms with Crippen LogP contribution in [-0.4, -0.2) is 66.2 Å². The van der Waals surface area contributed by atoms with Crippen LogP contribution in [0.5, 0.6) is 0 Å². The van der Waals surface area contributed by atoms with Gasteiger partial charge < -0.3 is 15.0 Å². The Bertz CT molecular complexity index is 491. The van der Waals surface area contributed by atoms with Gasteiger partial charge in [-0.25, -0.2) is 4.79 Å². The van der Waals surface area contributed by atoms with Crippen LogP contribution in [-0.2, 0) is 9.53 Å². The average molecular weight is 351 g/mol. The van der Waals surface area contributed by atoms with E-state index in [-0.39, 0.29) is 24.6 Å². The molecule has 1 N–H and O–H groups in total. The molecular weight excluding hydrogens is 318 g/mol. The molecule has 0 unspecified atom stereocenters. The van der Waals surface area contributed by atoms with Crippen molar-refractivity contribution < 1.29 is 14.3 Å². The number of hydrogen-bond acceptors (Lipinski definition) is 4. The smallest absolute Gasteiger partial charge is 0.410 e. The number of ether oxygens (including phenoxy) is 1. The zero-order valence-corrected chi connectivity index (χ0v) is 16.3. The van der Waals surface area contributed by atoms with Gasteiger partial charge in [0.2, 0.25) is 5.91 Å². The van der Waals surface area contributed by atoms with Crippen LogP contribution < -0.4 is 5.32 Å². The predicted molar refractivity (Wildman–Crippen MR) is 99.1 cm³/mol. The third kappa shape index (κ3) is 8.26. The lowest BCUT2D eigenvalue weighted by Crippen LogP contribution is -2.48. The van der Waals surface area contributed by atoms with Crippen molar-refractivity contribution in [3.8, 4) is 12.3 Å². The van der Waals surface area contributed by atoms with Crippen molar-refractivity contribution in [2.45, 2.75) is 59.1 Å². The second-order valence-electron chi connectivity index (χ2n) is 7.95.